The summed E-state index contributed by atoms with van der Waals surface area (Å²) >= 11 is 1.40. The zero-order valence-electron chi connectivity index (χ0n) is 10.3. The molecule has 0 spiro atoms. The molecule has 0 bridgehead atoms. The van der Waals surface area contributed by atoms with Crippen LogP contribution < -0.4 is 5.73 Å². The summed E-state index contributed by atoms with van der Waals surface area (Å²) in [6, 6.07) is 0. The van der Waals surface area contributed by atoms with E-state index in [0.717, 1.165) is 5.04 Å². The molecule has 1 aliphatic heterocycles. The molecule has 110 valence electrons. The molecule has 0 aromatic heterocycles. The molecule has 0 amide bonds. The molecule has 1 heterocycles. The predicted octanol–water partition coefficient (Wildman–Crippen LogP) is 0.0830. The number of aliphatic carboxylic acids is 2. The molecule has 2 aliphatic carbocycles. The van der Waals surface area contributed by atoms with Gasteiger partial charge in [0.25, 0.3) is 0 Å². The van der Waals surface area contributed by atoms with E-state index in [2.05, 4.69) is 9.98 Å². The zero-order chi connectivity index (χ0) is 13.8. The lowest BCUT2D eigenvalue weighted by Crippen LogP contribution is -2.50. The zero-order valence-corrected chi connectivity index (χ0v) is 11.9. The Hall–Kier alpha value is -1.12. The smallest absolute Gasteiger partial charge is 0.324 e. The van der Waals surface area contributed by atoms with Crippen molar-refractivity contribution in [2.75, 3.05) is 6.67 Å². The Labute approximate surface area is 125 Å². The van der Waals surface area contributed by atoms with E-state index in [1.54, 1.807) is 6.21 Å². The number of nitrogens with zero attached hydrogens (tertiary/aromatic N) is 2. The van der Waals surface area contributed by atoms with Gasteiger partial charge in [-0.05, 0) is 12.3 Å². The summed E-state index contributed by atoms with van der Waals surface area (Å²) in [5, 5.41) is 19.0. The van der Waals surface area contributed by atoms with Crippen LogP contribution >= 0.6 is 24.2 Å². The summed E-state index contributed by atoms with van der Waals surface area (Å²) in [7, 11) is 0. The third kappa shape index (κ3) is 2.11. The molecule has 0 aromatic carbocycles. The molecule has 3 rings (SSSR count). The third-order valence-electron chi connectivity index (χ3n) is 4.10. The van der Waals surface area contributed by atoms with Crippen LogP contribution in [0.1, 0.15) is 6.42 Å². The number of fused-ring (bicyclic) bond motifs is 1. The molecule has 3 aliphatic rings. The average molecular weight is 320 g/mol. The standard InChI is InChI=1S/C11H13N3O4S.ClH/c12-11(10(17)18)1-4(19-5-2-13-3-14-5)6-7(8(6)11)9(15)16;/h2,4,6-8H,1,3,12H2,(H,15,16)(H,17,18);1H/t4-,6+,7+,8+,11+;/m1./s1. The second-order valence-electron chi connectivity index (χ2n) is 5.12. The van der Waals surface area contributed by atoms with E-state index >= 15 is 0 Å². The number of carboxylic acid groups (broad SMARTS) is 2. The van der Waals surface area contributed by atoms with E-state index in [0.29, 0.717) is 6.67 Å². The summed E-state index contributed by atoms with van der Waals surface area (Å²) in [4.78, 5) is 30.6. The van der Waals surface area contributed by atoms with Crippen LogP contribution in [0.2, 0.25) is 0 Å². The van der Waals surface area contributed by atoms with Gasteiger partial charge < -0.3 is 15.9 Å². The van der Waals surface area contributed by atoms with Crippen LogP contribution in [0.15, 0.2) is 9.98 Å². The topological polar surface area (TPSA) is 125 Å². The number of nitrogens with two attached hydrogens (primary N) is 1. The number of aliphatic imine (C=N–C) groups is 2. The fraction of sp³-hybridized carbons (Fsp3) is 0.636. The molecular formula is C11H14ClN3O4S. The summed E-state index contributed by atoms with van der Waals surface area (Å²) in [6.07, 6.45) is 1.91. The number of carboxylic acids is 2. The lowest BCUT2D eigenvalue weighted by molar-refractivity contribution is -0.145. The molecule has 2 fully saturated rings. The second-order valence-corrected chi connectivity index (χ2v) is 6.38. The number of hydrogen-bond donors (Lipinski definition) is 3. The van der Waals surface area contributed by atoms with Crippen molar-refractivity contribution < 1.29 is 19.8 Å². The molecule has 0 saturated heterocycles. The normalized spacial score (nSPS) is 40.8. The van der Waals surface area contributed by atoms with E-state index < -0.39 is 29.3 Å². The van der Waals surface area contributed by atoms with Gasteiger partial charge in [-0.2, -0.15) is 0 Å². The maximum Gasteiger partial charge on any atom is 0.324 e. The largest absolute Gasteiger partial charge is 0.481 e. The minimum atomic E-state index is -1.43. The van der Waals surface area contributed by atoms with Crippen LogP contribution in [0.3, 0.4) is 0 Å². The van der Waals surface area contributed by atoms with Crippen LogP contribution in [-0.4, -0.2) is 50.9 Å². The first kappa shape index (κ1) is 15.3. The molecule has 0 radical (unpaired) electrons. The fourth-order valence-electron chi connectivity index (χ4n) is 3.23. The monoisotopic (exact) mass is 319 g/mol. The highest BCUT2D eigenvalue weighted by Crippen LogP contribution is 2.64. The molecular weight excluding hydrogens is 306 g/mol. The fourth-order valence-corrected chi connectivity index (χ4v) is 4.66. The highest BCUT2D eigenvalue weighted by Gasteiger charge is 2.74. The summed E-state index contributed by atoms with van der Waals surface area (Å²) in [6.45, 7) is 0.387. The van der Waals surface area contributed by atoms with Crippen LogP contribution in [0.4, 0.5) is 0 Å². The first-order valence-electron chi connectivity index (χ1n) is 5.91. The number of carbonyl (C=O) groups is 2. The van der Waals surface area contributed by atoms with Crippen molar-refractivity contribution in [3.8, 4) is 0 Å². The third-order valence-corrected chi connectivity index (χ3v) is 5.36. The number of rotatable bonds is 3. The molecule has 20 heavy (non-hydrogen) atoms. The molecule has 0 aromatic rings. The maximum absolute atomic E-state index is 11.3. The van der Waals surface area contributed by atoms with Gasteiger partial charge in [-0.25, -0.2) is 0 Å². The van der Waals surface area contributed by atoms with Gasteiger partial charge in [0, 0.05) is 11.2 Å². The van der Waals surface area contributed by atoms with Gasteiger partial charge in [0.05, 0.1) is 12.1 Å². The molecule has 0 unspecified atom stereocenters. The van der Waals surface area contributed by atoms with Crippen molar-refractivity contribution in [2.45, 2.75) is 17.2 Å². The van der Waals surface area contributed by atoms with Gasteiger partial charge in [-0.1, -0.05) is 0 Å². The Bertz CT molecular complexity index is 526. The SMILES string of the molecule is Cl.N[C@@]1(C(=O)O)C[C@@H](SC2=NCN=C2)[C@H]2[C@H](C(=O)O)[C@H]21. The molecule has 9 heteroatoms. The Kier molecular flexibility index (Phi) is 3.83. The highest BCUT2D eigenvalue weighted by molar-refractivity contribution is 8.16. The van der Waals surface area contributed by atoms with E-state index in [-0.39, 0.29) is 30.0 Å². The van der Waals surface area contributed by atoms with Gasteiger partial charge in [0.1, 0.15) is 17.3 Å². The summed E-state index contributed by atoms with van der Waals surface area (Å²) in [5.74, 6) is -3.37. The first-order chi connectivity index (χ1) is 8.95. The number of hydrogen-bond acceptors (Lipinski definition) is 6. The van der Waals surface area contributed by atoms with E-state index in [9.17, 15) is 14.7 Å². The second kappa shape index (κ2) is 5.01. The van der Waals surface area contributed by atoms with E-state index in [1.165, 1.54) is 11.8 Å². The Morgan fingerprint density at radius 1 is 1.45 bits per heavy atom. The van der Waals surface area contributed by atoms with Crippen molar-refractivity contribution in [3.63, 3.8) is 0 Å². The minimum Gasteiger partial charge on any atom is -0.481 e. The van der Waals surface area contributed by atoms with E-state index in [1.807, 2.05) is 0 Å². The summed E-state index contributed by atoms with van der Waals surface area (Å²) < 4.78 is 0. The van der Waals surface area contributed by atoms with Crippen LogP contribution in [0.25, 0.3) is 0 Å². The average Bonchev–Trinajstić information content (AvgIpc) is 2.77. The molecule has 5 atom stereocenters. The first-order valence-corrected chi connectivity index (χ1v) is 6.79. The van der Waals surface area contributed by atoms with Gasteiger partial charge in [-0.3, -0.25) is 19.6 Å². The predicted molar refractivity (Wildman–Crippen MR) is 76.7 cm³/mol. The number of thioether (sulfide) groups is 1. The number of halogens is 1. The molecule has 4 N–H and O–H groups in total. The van der Waals surface area contributed by atoms with Crippen molar-refractivity contribution >= 4 is 47.4 Å². The summed E-state index contributed by atoms with van der Waals surface area (Å²) in [5.41, 5.74) is 4.50. The van der Waals surface area contributed by atoms with Gasteiger partial charge in [0.15, 0.2) is 0 Å². The van der Waals surface area contributed by atoms with Gasteiger partial charge in [-0.15, -0.1) is 24.2 Å². The molecule has 7 nitrogen and oxygen atoms in total. The maximum atomic E-state index is 11.3. The van der Waals surface area contributed by atoms with Crippen LogP contribution in [0, 0.1) is 17.8 Å². The van der Waals surface area contributed by atoms with Crippen molar-refractivity contribution in [1.82, 2.24) is 0 Å². The Balaban J connectivity index is 0.00000147. The van der Waals surface area contributed by atoms with Crippen LogP contribution in [-0.2, 0) is 9.59 Å². The van der Waals surface area contributed by atoms with Crippen molar-refractivity contribution in [2.24, 2.45) is 33.5 Å². The Morgan fingerprint density at radius 3 is 2.65 bits per heavy atom. The van der Waals surface area contributed by atoms with Gasteiger partial charge in [0.2, 0.25) is 0 Å². The highest BCUT2D eigenvalue weighted by atomic mass is 35.5. The van der Waals surface area contributed by atoms with E-state index in [4.69, 9.17) is 10.8 Å². The van der Waals surface area contributed by atoms with Crippen molar-refractivity contribution in [1.29, 1.82) is 0 Å². The molecule has 2 saturated carbocycles. The van der Waals surface area contributed by atoms with Crippen molar-refractivity contribution in [3.05, 3.63) is 0 Å². The Morgan fingerprint density at radius 2 is 2.15 bits per heavy atom. The van der Waals surface area contributed by atoms with Crippen LogP contribution in [0.5, 0.6) is 0 Å². The van der Waals surface area contributed by atoms with Gasteiger partial charge >= 0.3 is 11.9 Å². The lowest BCUT2D eigenvalue weighted by atomic mass is 9.91. The quantitative estimate of drug-likeness (QED) is 0.676. The lowest BCUT2D eigenvalue weighted by Gasteiger charge is -2.23. The minimum absolute atomic E-state index is 0.